The minimum atomic E-state index is 0. The van der Waals surface area contributed by atoms with Crippen molar-refractivity contribution in [3.8, 4) is 0 Å². The van der Waals surface area contributed by atoms with Crippen molar-refractivity contribution in [2.24, 2.45) is 0 Å². The summed E-state index contributed by atoms with van der Waals surface area (Å²) in [6.45, 7) is 3.37. The lowest BCUT2D eigenvalue weighted by molar-refractivity contribution is -0.645. The fraction of sp³-hybridized carbons (Fsp3) is 0.552. The number of rotatable bonds is 13. The van der Waals surface area contributed by atoms with E-state index in [4.69, 9.17) is 0 Å². The zero-order valence-electron chi connectivity index (χ0n) is 21.5. The Kier molecular flexibility index (Phi) is 11.6. The van der Waals surface area contributed by atoms with Crippen molar-refractivity contribution < 1.29 is 21.5 Å². The summed E-state index contributed by atoms with van der Waals surface area (Å²) < 4.78 is 2.55. The fourth-order valence-corrected chi connectivity index (χ4v) is 4.85. The molecule has 33 heavy (non-hydrogen) atoms. The summed E-state index contributed by atoms with van der Waals surface area (Å²) in [6.07, 6.45) is 12.0. The average molecular weight is 515 g/mol. The number of aryl methyl sites for hydroxylation is 1. The van der Waals surface area contributed by atoms with Gasteiger partial charge in [0.25, 0.3) is 0 Å². The number of aromatic nitrogens is 1. The summed E-state index contributed by atoms with van der Waals surface area (Å²) in [7, 11) is 8.75. The molecule has 1 atom stereocenters. The molecule has 0 radical (unpaired) electrons. The van der Waals surface area contributed by atoms with E-state index >= 15 is 0 Å². The van der Waals surface area contributed by atoms with Gasteiger partial charge in [-0.15, -0.1) is 0 Å². The van der Waals surface area contributed by atoms with Gasteiger partial charge in [-0.25, -0.2) is 0 Å². The molecule has 1 aromatic heterocycles. The number of hydrogen-bond acceptors (Lipinski definition) is 2. The summed E-state index contributed by atoms with van der Waals surface area (Å²) >= 11 is 0. The lowest BCUT2D eigenvalue weighted by Gasteiger charge is -2.24. The molecule has 0 aliphatic rings. The Balaban J connectivity index is 0.00000385. The van der Waals surface area contributed by atoms with Crippen LogP contribution in [0.3, 0.4) is 0 Å². The van der Waals surface area contributed by atoms with Crippen LogP contribution in [0.25, 0.3) is 21.8 Å². The second-order valence-electron chi connectivity index (χ2n) is 9.81. The number of unbranched alkanes of at least 4 members (excludes halogenated alkanes) is 5. The largest absolute Gasteiger partial charge is 1.00 e. The first-order chi connectivity index (χ1) is 15.5. The normalized spacial score (nSPS) is 12.3. The minimum Gasteiger partial charge on any atom is -1.00 e. The van der Waals surface area contributed by atoms with Crippen molar-refractivity contribution in [1.82, 2.24) is 4.90 Å². The van der Waals surface area contributed by atoms with Crippen molar-refractivity contribution in [2.75, 3.05) is 33.1 Å². The van der Waals surface area contributed by atoms with E-state index in [0.717, 1.165) is 12.6 Å². The van der Waals surface area contributed by atoms with Crippen molar-refractivity contribution >= 4 is 27.5 Å². The topological polar surface area (TPSA) is 10.4 Å². The first kappa shape index (κ1) is 27.6. The summed E-state index contributed by atoms with van der Waals surface area (Å²) in [5.74, 6) is 0. The molecule has 182 valence electrons. The van der Waals surface area contributed by atoms with E-state index in [-0.39, 0.29) is 17.0 Å². The first-order valence-electron chi connectivity index (χ1n) is 12.7. The van der Waals surface area contributed by atoms with E-state index in [1.165, 1.54) is 85.3 Å². The molecule has 0 bridgehead atoms. The highest BCUT2D eigenvalue weighted by Gasteiger charge is 2.16. The van der Waals surface area contributed by atoms with Gasteiger partial charge in [-0.05, 0) is 57.6 Å². The smallest absolute Gasteiger partial charge is 0.215 e. The number of pyridine rings is 1. The number of nitrogens with zero attached hydrogens (tertiary/aromatic N) is 3. The van der Waals surface area contributed by atoms with Gasteiger partial charge in [0.05, 0.1) is 0 Å². The van der Waals surface area contributed by atoms with Gasteiger partial charge in [-0.1, -0.05) is 51.2 Å². The molecule has 0 N–H and O–H groups in total. The molecule has 4 heteroatoms. The van der Waals surface area contributed by atoms with E-state index in [0.29, 0.717) is 0 Å². The number of fused-ring (bicyclic) bond motifs is 2. The molecule has 3 rings (SSSR count). The molecule has 0 aliphatic heterocycles. The molecule has 1 unspecified atom stereocenters. The number of benzene rings is 2. The maximum atomic E-state index is 2.55. The van der Waals surface area contributed by atoms with Gasteiger partial charge in [0.1, 0.15) is 6.54 Å². The van der Waals surface area contributed by atoms with Crippen LogP contribution in [-0.4, -0.2) is 39.1 Å². The highest BCUT2D eigenvalue weighted by molar-refractivity contribution is 5.90. The van der Waals surface area contributed by atoms with E-state index in [1.807, 2.05) is 0 Å². The molecule has 0 saturated heterocycles. The molecule has 3 aromatic rings. The molecular weight excluding hydrogens is 470 g/mol. The van der Waals surface area contributed by atoms with Gasteiger partial charge in [0.15, 0.2) is 0 Å². The predicted molar refractivity (Wildman–Crippen MR) is 141 cm³/mol. The highest BCUT2D eigenvalue weighted by Crippen LogP contribution is 2.23. The Morgan fingerprint density at radius 3 is 2.06 bits per heavy atom. The minimum absolute atomic E-state index is 0. The third-order valence-electron chi connectivity index (χ3n) is 6.90. The Morgan fingerprint density at radius 2 is 1.39 bits per heavy atom. The molecule has 1 heterocycles. The summed E-state index contributed by atoms with van der Waals surface area (Å²) in [4.78, 5) is 4.64. The van der Waals surface area contributed by atoms with Gasteiger partial charge in [-0.3, -0.25) is 0 Å². The van der Waals surface area contributed by atoms with Gasteiger partial charge < -0.3 is 26.8 Å². The van der Waals surface area contributed by atoms with Crippen molar-refractivity contribution in [3.63, 3.8) is 0 Å². The van der Waals surface area contributed by atoms with Gasteiger partial charge in [0, 0.05) is 55.2 Å². The number of hydrogen-bond donors (Lipinski definition) is 0. The zero-order chi connectivity index (χ0) is 22.9. The van der Waals surface area contributed by atoms with Crippen LogP contribution in [0.4, 0.5) is 5.69 Å². The molecule has 2 aromatic carbocycles. The summed E-state index contributed by atoms with van der Waals surface area (Å²) in [5.41, 5.74) is 3.95. The highest BCUT2D eigenvalue weighted by atomic mass is 79.9. The van der Waals surface area contributed by atoms with Crippen LogP contribution in [0.1, 0.15) is 64.7 Å². The lowest BCUT2D eigenvalue weighted by Crippen LogP contribution is -3.00. The predicted octanol–water partition coefficient (Wildman–Crippen LogP) is 3.81. The zero-order valence-corrected chi connectivity index (χ0v) is 23.1. The van der Waals surface area contributed by atoms with Gasteiger partial charge in [0.2, 0.25) is 11.0 Å². The molecular formula is C29H44BrN3. The van der Waals surface area contributed by atoms with Crippen LogP contribution in [0, 0.1) is 0 Å². The second kappa shape index (κ2) is 13.9. The quantitative estimate of drug-likeness (QED) is 0.195. The van der Waals surface area contributed by atoms with Crippen LogP contribution in [0.2, 0.25) is 0 Å². The maximum absolute atomic E-state index is 2.55. The summed E-state index contributed by atoms with van der Waals surface area (Å²) in [6, 6.07) is 18.7. The molecule has 3 nitrogen and oxygen atoms in total. The second-order valence-corrected chi connectivity index (χ2v) is 9.81. The summed E-state index contributed by atoms with van der Waals surface area (Å²) in [5, 5.41) is 2.66. The van der Waals surface area contributed by atoms with Crippen molar-refractivity contribution in [1.29, 1.82) is 0 Å². The first-order valence-corrected chi connectivity index (χ1v) is 12.7. The standard InChI is InChI=1S/C29H44N3.BrH/c1-6-7-8-10-16-26(30(2)3)17-11-9-14-21-32-28-18-13-12-15-24(28)22-25-19-20-27(31(4)5)23-29(25)32;/h12-13,15,18-20,22-23,26H,6-11,14,16-17,21H2,1-5H3;1H/q+1;/p-1. The van der Waals surface area contributed by atoms with Gasteiger partial charge >= 0.3 is 0 Å². The molecule has 0 amide bonds. The number of para-hydroxylation sites is 1. The van der Waals surface area contributed by atoms with Crippen LogP contribution < -0.4 is 26.4 Å². The third kappa shape index (κ3) is 7.68. The van der Waals surface area contributed by atoms with Crippen molar-refractivity contribution in [3.05, 3.63) is 48.5 Å². The van der Waals surface area contributed by atoms with E-state index in [1.54, 1.807) is 0 Å². The third-order valence-corrected chi connectivity index (χ3v) is 6.90. The van der Waals surface area contributed by atoms with Gasteiger partial charge in [-0.2, -0.15) is 4.57 Å². The SMILES string of the molecule is CCCCCCC(CCCCC[n+]1c2ccccc2cc2ccc(N(C)C)cc21)N(C)C.[Br-]. The Bertz CT molecular complexity index is 983. The fourth-order valence-electron chi connectivity index (χ4n) is 4.85. The molecule has 0 spiro atoms. The Hall–Kier alpha value is -1.65. The Morgan fingerprint density at radius 1 is 0.727 bits per heavy atom. The number of halogens is 1. The average Bonchev–Trinajstić information content (AvgIpc) is 2.78. The molecule has 0 fully saturated rings. The van der Waals surface area contributed by atoms with Crippen LogP contribution in [-0.2, 0) is 6.54 Å². The Labute approximate surface area is 212 Å². The van der Waals surface area contributed by atoms with E-state index < -0.39 is 0 Å². The van der Waals surface area contributed by atoms with Crippen LogP contribution in [0.15, 0.2) is 48.5 Å². The number of anilines is 1. The molecule has 0 saturated carbocycles. The monoisotopic (exact) mass is 513 g/mol. The van der Waals surface area contributed by atoms with Crippen molar-refractivity contribution in [2.45, 2.75) is 77.3 Å². The van der Waals surface area contributed by atoms with E-state index in [9.17, 15) is 0 Å². The maximum Gasteiger partial charge on any atom is 0.215 e. The van der Waals surface area contributed by atoms with E-state index in [2.05, 4.69) is 98.0 Å². The molecule has 0 aliphatic carbocycles. The van der Waals surface area contributed by atoms with Crippen LogP contribution in [0.5, 0.6) is 0 Å². The lowest BCUT2D eigenvalue weighted by atomic mass is 10.0. The van der Waals surface area contributed by atoms with Crippen LogP contribution >= 0.6 is 0 Å².